The van der Waals surface area contributed by atoms with E-state index in [0.717, 1.165) is 31.6 Å². The molecule has 1 aromatic rings. The lowest BCUT2D eigenvalue weighted by molar-refractivity contribution is -0.383. The number of nitrogens with zero attached hydrogens (tertiary/aromatic N) is 2. The first-order valence-corrected chi connectivity index (χ1v) is 7.03. The maximum absolute atomic E-state index is 11.0. The van der Waals surface area contributed by atoms with Gasteiger partial charge in [0.2, 0.25) is 0 Å². The average molecular weight is 279 g/mol. The predicted molar refractivity (Wildman–Crippen MR) is 79.3 cm³/mol. The maximum Gasteiger partial charge on any atom is 0.292 e. The third kappa shape index (κ3) is 3.60. The van der Waals surface area contributed by atoms with E-state index in [1.54, 1.807) is 13.0 Å². The SMILES string of the molecule is C[C@@H](O)CNc1cc(N2CCCCC2)ccc1[N+](=O)[O-]. The van der Waals surface area contributed by atoms with Gasteiger partial charge in [-0.15, -0.1) is 0 Å². The predicted octanol–water partition coefficient (Wildman–Crippen LogP) is 2.38. The van der Waals surface area contributed by atoms with Gasteiger partial charge >= 0.3 is 0 Å². The average Bonchev–Trinajstić information content (AvgIpc) is 2.45. The number of rotatable bonds is 5. The summed E-state index contributed by atoms with van der Waals surface area (Å²) >= 11 is 0. The van der Waals surface area contributed by atoms with Crippen LogP contribution in [0.25, 0.3) is 0 Å². The van der Waals surface area contributed by atoms with Crippen LogP contribution in [0.2, 0.25) is 0 Å². The van der Waals surface area contributed by atoms with E-state index in [0.29, 0.717) is 12.2 Å². The summed E-state index contributed by atoms with van der Waals surface area (Å²) < 4.78 is 0. The van der Waals surface area contributed by atoms with Crippen molar-refractivity contribution >= 4 is 17.1 Å². The number of nitro groups is 1. The summed E-state index contributed by atoms with van der Waals surface area (Å²) in [6.07, 6.45) is 3.02. The minimum atomic E-state index is -0.548. The summed E-state index contributed by atoms with van der Waals surface area (Å²) in [6, 6.07) is 5.15. The highest BCUT2D eigenvalue weighted by atomic mass is 16.6. The normalized spacial score (nSPS) is 16.8. The fraction of sp³-hybridized carbons (Fsp3) is 0.571. The molecule has 1 aliphatic heterocycles. The third-order valence-corrected chi connectivity index (χ3v) is 3.49. The van der Waals surface area contributed by atoms with Gasteiger partial charge in [-0.1, -0.05) is 0 Å². The van der Waals surface area contributed by atoms with Gasteiger partial charge in [-0.05, 0) is 38.3 Å². The van der Waals surface area contributed by atoms with Crippen LogP contribution in [0.3, 0.4) is 0 Å². The number of hydrogen-bond donors (Lipinski definition) is 2. The molecule has 2 N–H and O–H groups in total. The Kier molecular flexibility index (Phi) is 4.79. The minimum Gasteiger partial charge on any atom is -0.392 e. The van der Waals surface area contributed by atoms with E-state index in [4.69, 9.17) is 0 Å². The minimum absolute atomic E-state index is 0.0476. The molecule has 1 aliphatic rings. The van der Waals surface area contributed by atoms with Crippen LogP contribution in [0.15, 0.2) is 18.2 Å². The molecule has 0 unspecified atom stereocenters. The summed E-state index contributed by atoms with van der Waals surface area (Å²) in [5, 5.41) is 23.3. The zero-order valence-corrected chi connectivity index (χ0v) is 11.7. The molecule has 2 rings (SSSR count). The molecule has 0 saturated carbocycles. The number of anilines is 2. The van der Waals surface area contributed by atoms with Crippen LogP contribution in [0.5, 0.6) is 0 Å². The number of hydrogen-bond acceptors (Lipinski definition) is 5. The molecule has 6 heteroatoms. The summed E-state index contributed by atoms with van der Waals surface area (Å²) in [7, 11) is 0. The Bertz CT molecular complexity index is 471. The topological polar surface area (TPSA) is 78.6 Å². The standard InChI is InChI=1S/C14H21N3O3/c1-11(18)10-15-13-9-12(5-6-14(13)17(19)20)16-7-3-2-4-8-16/h5-6,9,11,15,18H,2-4,7-8,10H2,1H3/t11-/m1/s1. The van der Waals surface area contributed by atoms with Crippen LogP contribution in [0.4, 0.5) is 17.1 Å². The number of benzene rings is 1. The van der Waals surface area contributed by atoms with Gasteiger partial charge in [0.25, 0.3) is 5.69 Å². The molecule has 0 radical (unpaired) electrons. The highest BCUT2D eigenvalue weighted by molar-refractivity contribution is 5.69. The van der Waals surface area contributed by atoms with Gasteiger partial charge < -0.3 is 15.3 Å². The first-order valence-electron chi connectivity index (χ1n) is 7.03. The Hall–Kier alpha value is -1.82. The van der Waals surface area contributed by atoms with Crippen molar-refractivity contribution in [2.45, 2.75) is 32.3 Å². The third-order valence-electron chi connectivity index (χ3n) is 3.49. The van der Waals surface area contributed by atoms with Gasteiger partial charge in [0, 0.05) is 31.4 Å². The van der Waals surface area contributed by atoms with Crippen molar-refractivity contribution < 1.29 is 10.0 Å². The van der Waals surface area contributed by atoms with Gasteiger partial charge in [0.15, 0.2) is 0 Å². The van der Waals surface area contributed by atoms with Crippen molar-refractivity contribution in [3.05, 3.63) is 28.3 Å². The van der Waals surface area contributed by atoms with Crippen LogP contribution >= 0.6 is 0 Å². The lowest BCUT2D eigenvalue weighted by Gasteiger charge is -2.29. The molecule has 6 nitrogen and oxygen atoms in total. The van der Waals surface area contributed by atoms with Crippen LogP contribution in [-0.4, -0.2) is 35.8 Å². The summed E-state index contributed by atoms with van der Waals surface area (Å²) in [5.74, 6) is 0. The molecule has 0 amide bonds. The fourth-order valence-corrected chi connectivity index (χ4v) is 2.43. The first-order chi connectivity index (χ1) is 9.58. The van der Waals surface area contributed by atoms with E-state index in [1.807, 2.05) is 6.07 Å². The number of aliphatic hydroxyl groups excluding tert-OH is 1. The molecule has 1 fully saturated rings. The zero-order valence-electron chi connectivity index (χ0n) is 11.7. The van der Waals surface area contributed by atoms with Crippen molar-refractivity contribution in [1.82, 2.24) is 0 Å². The van der Waals surface area contributed by atoms with Gasteiger partial charge in [-0.2, -0.15) is 0 Å². The zero-order chi connectivity index (χ0) is 14.5. The van der Waals surface area contributed by atoms with E-state index >= 15 is 0 Å². The Morgan fingerprint density at radius 2 is 2.10 bits per heavy atom. The smallest absolute Gasteiger partial charge is 0.292 e. The van der Waals surface area contributed by atoms with Crippen molar-refractivity contribution in [2.75, 3.05) is 29.9 Å². The lowest BCUT2D eigenvalue weighted by atomic mass is 10.1. The molecule has 0 aromatic heterocycles. The van der Waals surface area contributed by atoms with Crippen LogP contribution in [0.1, 0.15) is 26.2 Å². The summed E-state index contributed by atoms with van der Waals surface area (Å²) in [4.78, 5) is 12.9. The Labute approximate surface area is 118 Å². The largest absolute Gasteiger partial charge is 0.392 e. The molecular weight excluding hydrogens is 258 g/mol. The van der Waals surface area contributed by atoms with E-state index in [9.17, 15) is 15.2 Å². The quantitative estimate of drug-likeness (QED) is 0.639. The van der Waals surface area contributed by atoms with E-state index < -0.39 is 11.0 Å². The number of aliphatic hydroxyl groups is 1. The van der Waals surface area contributed by atoms with Gasteiger partial charge in [0.05, 0.1) is 11.0 Å². The summed E-state index contributed by atoms with van der Waals surface area (Å²) in [6.45, 7) is 3.93. The van der Waals surface area contributed by atoms with E-state index in [2.05, 4.69) is 10.2 Å². The highest BCUT2D eigenvalue weighted by Crippen LogP contribution is 2.30. The first kappa shape index (κ1) is 14.6. The van der Waals surface area contributed by atoms with Gasteiger partial charge in [0.1, 0.15) is 5.69 Å². The molecule has 1 atom stereocenters. The molecular formula is C14H21N3O3. The molecule has 1 heterocycles. The second kappa shape index (κ2) is 6.56. The number of nitrogens with one attached hydrogen (secondary N) is 1. The molecule has 0 bridgehead atoms. The van der Waals surface area contributed by atoms with Crippen molar-refractivity contribution in [3.8, 4) is 0 Å². The number of nitro benzene ring substituents is 1. The Balaban J connectivity index is 2.22. The second-order valence-corrected chi connectivity index (χ2v) is 5.24. The molecule has 1 aromatic carbocycles. The van der Waals surface area contributed by atoms with Crippen LogP contribution in [0, 0.1) is 10.1 Å². The van der Waals surface area contributed by atoms with Crippen LogP contribution < -0.4 is 10.2 Å². The Morgan fingerprint density at radius 1 is 1.40 bits per heavy atom. The maximum atomic E-state index is 11.0. The second-order valence-electron chi connectivity index (χ2n) is 5.24. The van der Waals surface area contributed by atoms with E-state index in [1.165, 1.54) is 12.5 Å². The van der Waals surface area contributed by atoms with E-state index in [-0.39, 0.29) is 5.69 Å². The number of piperidine rings is 1. The van der Waals surface area contributed by atoms with Crippen molar-refractivity contribution in [1.29, 1.82) is 0 Å². The van der Waals surface area contributed by atoms with Crippen molar-refractivity contribution in [3.63, 3.8) is 0 Å². The lowest BCUT2D eigenvalue weighted by Crippen LogP contribution is -2.29. The van der Waals surface area contributed by atoms with Gasteiger partial charge in [-0.25, -0.2) is 0 Å². The molecule has 1 saturated heterocycles. The molecule has 0 aliphatic carbocycles. The van der Waals surface area contributed by atoms with Crippen molar-refractivity contribution in [2.24, 2.45) is 0 Å². The Morgan fingerprint density at radius 3 is 2.70 bits per heavy atom. The highest BCUT2D eigenvalue weighted by Gasteiger charge is 2.18. The summed E-state index contributed by atoms with van der Waals surface area (Å²) in [5.41, 5.74) is 1.52. The van der Waals surface area contributed by atoms with Crippen LogP contribution in [-0.2, 0) is 0 Å². The molecule has 20 heavy (non-hydrogen) atoms. The molecule has 110 valence electrons. The fourth-order valence-electron chi connectivity index (χ4n) is 2.43. The monoisotopic (exact) mass is 279 g/mol. The molecule has 0 spiro atoms. The van der Waals surface area contributed by atoms with Gasteiger partial charge in [-0.3, -0.25) is 10.1 Å².